The van der Waals surface area contributed by atoms with Gasteiger partial charge in [-0.3, -0.25) is 0 Å². The van der Waals surface area contributed by atoms with Crippen LogP contribution in [0.2, 0.25) is 0 Å². The number of nitrogens with zero attached hydrogens (tertiary/aromatic N) is 4. The van der Waals surface area contributed by atoms with Gasteiger partial charge in [0.1, 0.15) is 0 Å². The van der Waals surface area contributed by atoms with E-state index >= 15 is 0 Å². The van der Waals surface area contributed by atoms with Crippen molar-refractivity contribution in [1.29, 1.82) is 0 Å². The lowest BCUT2D eigenvalue weighted by Crippen LogP contribution is -1.75. The zero-order chi connectivity index (χ0) is 17.1. The van der Waals surface area contributed by atoms with Crippen molar-refractivity contribution >= 4 is 38.6 Å². The van der Waals surface area contributed by atoms with E-state index in [4.69, 9.17) is 0 Å². The molecule has 4 heteroatoms. The molecule has 0 fully saturated rings. The molecule has 25 heavy (non-hydrogen) atoms. The van der Waals surface area contributed by atoms with E-state index in [1.165, 1.54) is 5.39 Å². The lowest BCUT2D eigenvalue weighted by molar-refractivity contribution is 1.17. The zero-order valence-electron chi connectivity index (χ0n) is 13.8. The molecule has 0 spiro atoms. The van der Waals surface area contributed by atoms with Crippen molar-refractivity contribution in [3.8, 4) is 0 Å². The monoisotopic (exact) mass is 324 g/mol. The first-order valence-corrected chi connectivity index (χ1v) is 8.07. The van der Waals surface area contributed by atoms with Gasteiger partial charge in [0.2, 0.25) is 0 Å². The summed E-state index contributed by atoms with van der Waals surface area (Å²) in [5.74, 6) is 0. The minimum atomic E-state index is 0.818. The molecule has 0 amide bonds. The van der Waals surface area contributed by atoms with Gasteiger partial charge in [0.15, 0.2) is 0 Å². The van der Waals surface area contributed by atoms with Crippen LogP contribution >= 0.6 is 0 Å². The number of fused-ring (bicyclic) bond motifs is 2. The Morgan fingerprint density at radius 2 is 1.20 bits per heavy atom. The van der Waals surface area contributed by atoms with Crippen LogP contribution in [0.25, 0.3) is 21.5 Å². The molecule has 0 aromatic heterocycles. The summed E-state index contributed by atoms with van der Waals surface area (Å²) in [5, 5.41) is 21.3. The van der Waals surface area contributed by atoms with E-state index in [1.807, 2.05) is 60.7 Å². The van der Waals surface area contributed by atoms with Crippen molar-refractivity contribution < 1.29 is 0 Å². The molecule has 4 nitrogen and oxygen atoms in total. The Labute approximate surface area is 145 Å². The van der Waals surface area contributed by atoms with Crippen molar-refractivity contribution in [2.45, 2.75) is 0 Å². The summed E-state index contributed by atoms with van der Waals surface area (Å²) < 4.78 is 0. The van der Waals surface area contributed by atoms with Crippen molar-refractivity contribution in [2.75, 3.05) is 7.05 Å². The topological polar surface area (TPSA) is 49.4 Å². The van der Waals surface area contributed by atoms with E-state index in [1.54, 1.807) is 7.05 Å². The molecule has 0 heterocycles. The maximum Gasteiger partial charge on any atom is 0.0936 e. The van der Waals surface area contributed by atoms with Gasteiger partial charge < -0.3 is 0 Å². The van der Waals surface area contributed by atoms with Crippen molar-refractivity contribution in [2.24, 2.45) is 20.5 Å². The van der Waals surface area contributed by atoms with Crippen LogP contribution in [0.1, 0.15) is 0 Å². The van der Waals surface area contributed by atoms with Gasteiger partial charge in [0.25, 0.3) is 0 Å². The fourth-order valence-corrected chi connectivity index (χ4v) is 2.90. The standard InChI is InChI=1S/C21H16N4/c1-22-24-20-12-13-21(19-9-5-4-8-18(19)20)25-23-17-11-10-15-6-2-3-7-16(15)14-17/h2-14H,1H3. The Bertz CT molecular complexity index is 1110. The van der Waals surface area contributed by atoms with Crippen LogP contribution in [0.5, 0.6) is 0 Å². The minimum absolute atomic E-state index is 0.818. The summed E-state index contributed by atoms with van der Waals surface area (Å²) in [6.45, 7) is 0. The molecule has 0 bridgehead atoms. The van der Waals surface area contributed by atoms with Crippen LogP contribution in [0.15, 0.2) is 99.3 Å². The van der Waals surface area contributed by atoms with E-state index in [0.29, 0.717) is 0 Å². The Morgan fingerprint density at radius 3 is 1.92 bits per heavy atom. The zero-order valence-corrected chi connectivity index (χ0v) is 13.8. The fraction of sp³-hybridized carbons (Fsp3) is 0.0476. The maximum absolute atomic E-state index is 4.47. The highest BCUT2D eigenvalue weighted by Crippen LogP contribution is 2.34. The van der Waals surface area contributed by atoms with Crippen molar-refractivity contribution in [1.82, 2.24) is 0 Å². The molecule has 4 aromatic rings. The summed E-state index contributed by atoms with van der Waals surface area (Å²) in [7, 11) is 1.67. The Morgan fingerprint density at radius 1 is 0.560 bits per heavy atom. The number of benzene rings is 4. The van der Waals surface area contributed by atoms with Crippen LogP contribution in [-0.4, -0.2) is 7.05 Å². The average Bonchev–Trinajstić information content (AvgIpc) is 2.67. The molecule has 0 aliphatic heterocycles. The minimum Gasteiger partial charge on any atom is -0.192 e. The third-order valence-electron chi connectivity index (χ3n) is 4.09. The van der Waals surface area contributed by atoms with Crippen LogP contribution in [0.3, 0.4) is 0 Å². The number of rotatable bonds is 3. The summed E-state index contributed by atoms with van der Waals surface area (Å²) in [4.78, 5) is 0. The summed E-state index contributed by atoms with van der Waals surface area (Å²) in [6.07, 6.45) is 0. The van der Waals surface area contributed by atoms with Gasteiger partial charge in [-0.1, -0.05) is 54.6 Å². The second-order valence-electron chi connectivity index (χ2n) is 5.68. The van der Waals surface area contributed by atoms with Crippen molar-refractivity contribution in [3.05, 3.63) is 78.9 Å². The summed E-state index contributed by atoms with van der Waals surface area (Å²) >= 11 is 0. The van der Waals surface area contributed by atoms with Gasteiger partial charge in [-0.25, -0.2) is 0 Å². The second-order valence-corrected chi connectivity index (χ2v) is 5.68. The maximum atomic E-state index is 4.47. The molecule has 0 aliphatic rings. The van der Waals surface area contributed by atoms with Gasteiger partial charge in [-0.05, 0) is 35.0 Å². The molecule has 0 radical (unpaired) electrons. The van der Waals surface area contributed by atoms with Crippen LogP contribution in [0.4, 0.5) is 17.1 Å². The van der Waals surface area contributed by atoms with E-state index < -0.39 is 0 Å². The largest absolute Gasteiger partial charge is 0.192 e. The molecule has 0 saturated carbocycles. The van der Waals surface area contributed by atoms with Crippen LogP contribution in [-0.2, 0) is 0 Å². The van der Waals surface area contributed by atoms with Gasteiger partial charge >= 0.3 is 0 Å². The van der Waals surface area contributed by atoms with E-state index in [-0.39, 0.29) is 0 Å². The molecule has 4 aromatic carbocycles. The number of hydrogen-bond donors (Lipinski definition) is 0. The second kappa shape index (κ2) is 6.61. The molecule has 4 rings (SSSR count). The van der Waals surface area contributed by atoms with Gasteiger partial charge in [0.05, 0.1) is 17.1 Å². The van der Waals surface area contributed by atoms with Crippen LogP contribution < -0.4 is 0 Å². The molecular weight excluding hydrogens is 308 g/mol. The molecule has 120 valence electrons. The quantitative estimate of drug-likeness (QED) is 0.360. The fourth-order valence-electron chi connectivity index (χ4n) is 2.90. The third kappa shape index (κ3) is 3.02. The molecule has 0 aliphatic carbocycles. The SMILES string of the molecule is CN=Nc1ccc(N=Nc2ccc3ccccc3c2)c2ccccc12. The first kappa shape index (κ1) is 15.1. The van der Waals surface area contributed by atoms with Crippen molar-refractivity contribution in [3.63, 3.8) is 0 Å². The summed E-state index contributed by atoms with van der Waals surface area (Å²) in [5.41, 5.74) is 2.49. The first-order valence-electron chi connectivity index (χ1n) is 8.07. The predicted molar refractivity (Wildman–Crippen MR) is 103 cm³/mol. The highest BCUT2D eigenvalue weighted by Gasteiger charge is 2.05. The molecule has 0 atom stereocenters. The predicted octanol–water partition coefficient (Wildman–Crippen LogP) is 7.12. The normalized spacial score (nSPS) is 11.9. The molecule has 0 N–H and O–H groups in total. The van der Waals surface area contributed by atoms with Gasteiger partial charge in [-0.15, -0.1) is 5.11 Å². The average molecular weight is 324 g/mol. The first-order chi connectivity index (χ1) is 12.3. The lowest BCUT2D eigenvalue weighted by Gasteiger charge is -2.04. The Kier molecular flexibility index (Phi) is 4.01. The van der Waals surface area contributed by atoms with E-state index in [0.717, 1.165) is 33.2 Å². The lowest BCUT2D eigenvalue weighted by atomic mass is 10.1. The molecule has 0 saturated heterocycles. The molecule has 0 unspecified atom stereocenters. The van der Waals surface area contributed by atoms with E-state index in [2.05, 4.69) is 38.7 Å². The molecular formula is C21H16N4. The Balaban J connectivity index is 1.76. The van der Waals surface area contributed by atoms with E-state index in [9.17, 15) is 0 Å². The van der Waals surface area contributed by atoms with Gasteiger partial charge in [-0.2, -0.15) is 15.3 Å². The summed E-state index contributed by atoms with van der Waals surface area (Å²) in [6, 6.07) is 26.2. The highest BCUT2D eigenvalue weighted by molar-refractivity contribution is 5.99. The smallest absolute Gasteiger partial charge is 0.0936 e. The highest BCUT2D eigenvalue weighted by atomic mass is 15.1. The number of azo groups is 2. The van der Waals surface area contributed by atoms with Gasteiger partial charge in [0, 0.05) is 17.8 Å². The number of hydrogen-bond acceptors (Lipinski definition) is 4. The third-order valence-corrected chi connectivity index (χ3v) is 4.09. The Hall–Kier alpha value is -3.40. The van der Waals surface area contributed by atoms with Crippen LogP contribution in [0, 0.1) is 0 Å².